The normalized spacial score (nSPS) is 12.9. The second kappa shape index (κ2) is 5.23. The molecule has 4 nitrogen and oxygen atoms in total. The van der Waals surface area contributed by atoms with Crippen molar-refractivity contribution in [1.29, 1.82) is 0 Å². The average Bonchev–Trinajstić information content (AvgIpc) is 2.90. The molecule has 2 rings (SSSR count). The monoisotopic (exact) mass is 237 g/mol. The van der Waals surface area contributed by atoms with Gasteiger partial charge in [-0.1, -0.05) is 24.6 Å². The van der Waals surface area contributed by atoms with Crippen molar-refractivity contribution in [1.82, 2.24) is 10.1 Å². The van der Waals surface area contributed by atoms with Gasteiger partial charge in [0.05, 0.1) is 6.04 Å². The SMILES string of the molecule is CCCC(N)c1nc(Cc2cccs2)no1. The minimum absolute atomic E-state index is 0.130. The molecule has 0 radical (unpaired) electrons. The molecule has 0 saturated heterocycles. The minimum Gasteiger partial charge on any atom is -0.338 e. The zero-order chi connectivity index (χ0) is 11.4. The number of hydrogen-bond donors (Lipinski definition) is 1. The first-order chi connectivity index (χ1) is 7.79. The Morgan fingerprint density at radius 1 is 1.56 bits per heavy atom. The zero-order valence-electron chi connectivity index (χ0n) is 9.22. The van der Waals surface area contributed by atoms with Crippen LogP contribution in [0.5, 0.6) is 0 Å². The van der Waals surface area contributed by atoms with E-state index in [0.29, 0.717) is 11.7 Å². The number of rotatable bonds is 5. The van der Waals surface area contributed by atoms with Crippen LogP contribution in [0.4, 0.5) is 0 Å². The first-order valence-electron chi connectivity index (χ1n) is 5.40. The molecule has 1 atom stereocenters. The zero-order valence-corrected chi connectivity index (χ0v) is 10.0. The Labute approximate surface area is 98.5 Å². The molecule has 0 spiro atoms. The van der Waals surface area contributed by atoms with Gasteiger partial charge in [-0.15, -0.1) is 11.3 Å². The third-order valence-electron chi connectivity index (χ3n) is 2.31. The highest BCUT2D eigenvalue weighted by Crippen LogP contribution is 2.16. The van der Waals surface area contributed by atoms with E-state index in [1.54, 1.807) is 11.3 Å². The molecular formula is C11H15N3OS. The summed E-state index contributed by atoms with van der Waals surface area (Å²) >= 11 is 1.69. The fourth-order valence-electron chi connectivity index (χ4n) is 1.49. The molecule has 16 heavy (non-hydrogen) atoms. The Morgan fingerprint density at radius 2 is 2.44 bits per heavy atom. The summed E-state index contributed by atoms with van der Waals surface area (Å²) in [5, 5.41) is 5.98. The highest BCUT2D eigenvalue weighted by atomic mass is 32.1. The van der Waals surface area contributed by atoms with Crippen LogP contribution >= 0.6 is 11.3 Å². The Morgan fingerprint density at radius 3 is 3.12 bits per heavy atom. The van der Waals surface area contributed by atoms with Gasteiger partial charge >= 0.3 is 0 Å². The third-order valence-corrected chi connectivity index (χ3v) is 3.19. The topological polar surface area (TPSA) is 64.9 Å². The van der Waals surface area contributed by atoms with E-state index < -0.39 is 0 Å². The number of nitrogens with two attached hydrogens (primary N) is 1. The molecule has 0 aliphatic rings. The van der Waals surface area contributed by atoms with E-state index >= 15 is 0 Å². The van der Waals surface area contributed by atoms with Crippen molar-refractivity contribution in [3.8, 4) is 0 Å². The lowest BCUT2D eigenvalue weighted by atomic mass is 10.2. The standard InChI is InChI=1S/C11H15N3OS/c1-2-4-9(12)11-13-10(14-15-11)7-8-5-3-6-16-8/h3,5-6,9H,2,4,7,12H2,1H3. The van der Waals surface area contributed by atoms with Crippen LogP contribution in [0.3, 0.4) is 0 Å². The molecule has 2 aromatic rings. The molecule has 0 amide bonds. The average molecular weight is 237 g/mol. The van der Waals surface area contributed by atoms with Crippen molar-refractivity contribution >= 4 is 11.3 Å². The lowest BCUT2D eigenvalue weighted by Gasteiger charge is -2.01. The Balaban J connectivity index is 2.02. The van der Waals surface area contributed by atoms with E-state index in [1.165, 1.54) is 4.88 Å². The first-order valence-corrected chi connectivity index (χ1v) is 6.28. The van der Waals surface area contributed by atoms with Crippen LogP contribution in [0.2, 0.25) is 0 Å². The van der Waals surface area contributed by atoms with Crippen molar-refractivity contribution in [2.75, 3.05) is 0 Å². The minimum atomic E-state index is -0.130. The Kier molecular flexibility index (Phi) is 3.69. The maximum atomic E-state index is 5.90. The van der Waals surface area contributed by atoms with E-state index in [-0.39, 0.29) is 6.04 Å². The highest BCUT2D eigenvalue weighted by molar-refractivity contribution is 7.09. The first kappa shape index (κ1) is 11.3. The summed E-state index contributed by atoms with van der Waals surface area (Å²) < 4.78 is 5.15. The van der Waals surface area contributed by atoms with E-state index in [9.17, 15) is 0 Å². The van der Waals surface area contributed by atoms with Crippen molar-refractivity contribution in [3.63, 3.8) is 0 Å². The summed E-state index contributed by atoms with van der Waals surface area (Å²) in [5.74, 6) is 1.26. The maximum Gasteiger partial charge on any atom is 0.243 e. The summed E-state index contributed by atoms with van der Waals surface area (Å²) in [6, 6.07) is 3.95. The molecule has 2 heterocycles. The lowest BCUT2D eigenvalue weighted by Crippen LogP contribution is -2.10. The van der Waals surface area contributed by atoms with Crippen molar-refractivity contribution < 1.29 is 4.52 Å². The van der Waals surface area contributed by atoms with Gasteiger partial charge in [0, 0.05) is 11.3 Å². The molecule has 2 aromatic heterocycles. The Bertz CT molecular complexity index is 424. The molecule has 0 aliphatic heterocycles. The molecule has 0 saturated carbocycles. The van der Waals surface area contributed by atoms with Crippen LogP contribution in [0.25, 0.3) is 0 Å². The quantitative estimate of drug-likeness (QED) is 0.867. The summed E-state index contributed by atoms with van der Waals surface area (Å²) in [4.78, 5) is 5.54. The number of aromatic nitrogens is 2. The van der Waals surface area contributed by atoms with Gasteiger partial charge in [0.1, 0.15) is 0 Å². The van der Waals surface area contributed by atoms with E-state index in [1.807, 2.05) is 11.4 Å². The van der Waals surface area contributed by atoms with E-state index in [4.69, 9.17) is 10.3 Å². The van der Waals surface area contributed by atoms with Crippen molar-refractivity contribution in [3.05, 3.63) is 34.1 Å². The summed E-state index contributed by atoms with van der Waals surface area (Å²) in [5.41, 5.74) is 5.90. The van der Waals surface area contributed by atoms with Gasteiger partial charge in [0.15, 0.2) is 5.82 Å². The number of nitrogens with zero attached hydrogens (tertiary/aromatic N) is 2. The fraction of sp³-hybridized carbons (Fsp3) is 0.455. The van der Waals surface area contributed by atoms with E-state index in [0.717, 1.165) is 19.3 Å². The van der Waals surface area contributed by atoms with E-state index in [2.05, 4.69) is 23.1 Å². The third kappa shape index (κ3) is 2.68. The van der Waals surface area contributed by atoms with Gasteiger partial charge in [-0.05, 0) is 17.9 Å². The smallest absolute Gasteiger partial charge is 0.243 e. The van der Waals surface area contributed by atoms with Crippen LogP contribution in [-0.4, -0.2) is 10.1 Å². The van der Waals surface area contributed by atoms with Gasteiger partial charge in [0.25, 0.3) is 0 Å². The lowest BCUT2D eigenvalue weighted by molar-refractivity contribution is 0.345. The Hall–Kier alpha value is -1.20. The number of thiophene rings is 1. The van der Waals surface area contributed by atoms with Gasteiger partial charge in [-0.3, -0.25) is 0 Å². The molecule has 1 unspecified atom stereocenters. The summed E-state index contributed by atoms with van der Waals surface area (Å²) in [6.45, 7) is 2.09. The molecular weight excluding hydrogens is 222 g/mol. The molecule has 0 bridgehead atoms. The van der Waals surface area contributed by atoms with Gasteiger partial charge in [-0.2, -0.15) is 4.98 Å². The van der Waals surface area contributed by atoms with Gasteiger partial charge in [0.2, 0.25) is 5.89 Å². The second-order valence-electron chi connectivity index (χ2n) is 3.70. The summed E-state index contributed by atoms with van der Waals surface area (Å²) in [7, 11) is 0. The van der Waals surface area contributed by atoms with Gasteiger partial charge in [-0.25, -0.2) is 0 Å². The molecule has 0 fully saturated rings. The van der Waals surface area contributed by atoms with Crippen LogP contribution < -0.4 is 5.73 Å². The molecule has 0 aromatic carbocycles. The summed E-state index contributed by atoms with van der Waals surface area (Å²) in [6.07, 6.45) is 2.62. The van der Waals surface area contributed by atoms with Crippen LogP contribution in [0.15, 0.2) is 22.0 Å². The molecule has 86 valence electrons. The van der Waals surface area contributed by atoms with Crippen LogP contribution in [-0.2, 0) is 6.42 Å². The number of hydrogen-bond acceptors (Lipinski definition) is 5. The largest absolute Gasteiger partial charge is 0.338 e. The molecule has 2 N–H and O–H groups in total. The van der Waals surface area contributed by atoms with Gasteiger partial charge < -0.3 is 10.3 Å². The predicted octanol–water partition coefficient (Wildman–Crippen LogP) is 2.52. The molecule has 0 aliphatic carbocycles. The van der Waals surface area contributed by atoms with Crippen molar-refractivity contribution in [2.24, 2.45) is 5.73 Å². The molecule has 5 heteroatoms. The predicted molar refractivity (Wildman–Crippen MR) is 63.3 cm³/mol. The highest BCUT2D eigenvalue weighted by Gasteiger charge is 2.14. The van der Waals surface area contributed by atoms with Crippen LogP contribution in [0.1, 0.15) is 42.4 Å². The fourth-order valence-corrected chi connectivity index (χ4v) is 2.19. The second-order valence-corrected chi connectivity index (χ2v) is 4.73. The van der Waals surface area contributed by atoms with Crippen molar-refractivity contribution in [2.45, 2.75) is 32.2 Å². The van der Waals surface area contributed by atoms with Crippen LogP contribution in [0, 0.1) is 0 Å². The maximum absolute atomic E-state index is 5.90.